The lowest BCUT2D eigenvalue weighted by molar-refractivity contribution is 1.43. The minimum Gasteiger partial charge on any atom is -0.192 e. The summed E-state index contributed by atoms with van der Waals surface area (Å²) in [6.45, 7) is 1.97. The van der Waals surface area contributed by atoms with Crippen LogP contribution >= 0.6 is 23.5 Å². The molecule has 25 heavy (non-hydrogen) atoms. The summed E-state index contributed by atoms with van der Waals surface area (Å²) in [6.07, 6.45) is 4.01. The maximum absolute atomic E-state index is 9.40. The lowest BCUT2D eigenvalue weighted by atomic mass is 9.93. The normalized spacial score (nSPS) is 9.64. The van der Waals surface area contributed by atoms with Crippen molar-refractivity contribution >= 4 is 29.1 Å². The molecule has 0 aromatic heterocycles. The Hall–Kier alpha value is -2.40. The Kier molecular flexibility index (Phi) is 6.95. The van der Waals surface area contributed by atoms with Crippen LogP contribution in [0, 0.1) is 22.7 Å². The van der Waals surface area contributed by atoms with Crippen LogP contribution in [-0.2, 0) is 0 Å². The molecular weight excluding hydrogens is 344 g/mol. The molecule has 0 atom stereocenters. The summed E-state index contributed by atoms with van der Waals surface area (Å²) in [4.78, 5) is 0. The lowest BCUT2D eigenvalue weighted by Gasteiger charge is -2.13. The standard InChI is InChI=1S/C21H18N2S2/c1-15(21(24-2)25-3)20(19(13-22)14-23)18-11-9-17(10-12-18)16-7-5-4-6-8-16/h4-12H,1-3H3. The molecular formula is C21H18N2S2. The molecule has 0 aliphatic heterocycles. The Morgan fingerprint density at radius 1 is 0.800 bits per heavy atom. The summed E-state index contributed by atoms with van der Waals surface area (Å²) < 4.78 is 1.10. The van der Waals surface area contributed by atoms with Crippen LogP contribution in [0.3, 0.4) is 0 Å². The van der Waals surface area contributed by atoms with E-state index >= 15 is 0 Å². The number of benzene rings is 2. The van der Waals surface area contributed by atoms with Crippen LogP contribution < -0.4 is 0 Å². The molecule has 0 saturated heterocycles. The summed E-state index contributed by atoms with van der Waals surface area (Å²) in [6, 6.07) is 22.2. The molecule has 0 aliphatic carbocycles. The highest BCUT2D eigenvalue weighted by molar-refractivity contribution is 8.21. The van der Waals surface area contributed by atoms with E-state index in [2.05, 4.69) is 12.1 Å². The highest BCUT2D eigenvalue weighted by Gasteiger charge is 2.15. The molecule has 0 spiro atoms. The van der Waals surface area contributed by atoms with E-state index in [4.69, 9.17) is 0 Å². The molecule has 0 aliphatic rings. The zero-order valence-corrected chi connectivity index (χ0v) is 16.0. The van der Waals surface area contributed by atoms with E-state index in [0.29, 0.717) is 5.57 Å². The Morgan fingerprint density at radius 2 is 1.32 bits per heavy atom. The van der Waals surface area contributed by atoms with Gasteiger partial charge in [-0.1, -0.05) is 54.6 Å². The van der Waals surface area contributed by atoms with Crippen LogP contribution in [0.1, 0.15) is 12.5 Å². The maximum Gasteiger partial charge on any atom is 0.137 e. The third kappa shape index (κ3) is 4.37. The average Bonchev–Trinajstić information content (AvgIpc) is 2.67. The van der Waals surface area contributed by atoms with Crippen LogP contribution in [0.2, 0.25) is 0 Å². The minimum absolute atomic E-state index is 0.144. The van der Waals surface area contributed by atoms with Gasteiger partial charge in [-0.05, 0) is 41.7 Å². The van der Waals surface area contributed by atoms with Gasteiger partial charge < -0.3 is 0 Å². The number of hydrogen-bond acceptors (Lipinski definition) is 4. The van der Waals surface area contributed by atoms with Crippen LogP contribution in [0.4, 0.5) is 0 Å². The number of nitrogens with zero attached hydrogens (tertiary/aromatic N) is 2. The van der Waals surface area contributed by atoms with Crippen LogP contribution in [0.5, 0.6) is 0 Å². The van der Waals surface area contributed by atoms with Crippen molar-refractivity contribution in [2.75, 3.05) is 12.5 Å². The van der Waals surface area contributed by atoms with Gasteiger partial charge in [0.2, 0.25) is 0 Å². The number of nitriles is 2. The summed E-state index contributed by atoms with van der Waals surface area (Å²) in [5, 5.41) is 18.8. The molecule has 2 aromatic carbocycles. The SMILES string of the molecule is CSC(SC)=C(C)C(=C(C#N)C#N)c1ccc(-c2ccccc2)cc1. The monoisotopic (exact) mass is 362 g/mol. The molecule has 0 N–H and O–H groups in total. The topological polar surface area (TPSA) is 47.6 Å². The number of hydrogen-bond donors (Lipinski definition) is 0. The number of allylic oxidation sites excluding steroid dienone is 3. The Bertz CT molecular complexity index is 858. The van der Waals surface area contributed by atoms with E-state index in [1.807, 2.05) is 74.0 Å². The first kappa shape index (κ1) is 18.9. The second-order valence-corrected chi connectivity index (χ2v) is 7.13. The number of thioether (sulfide) groups is 2. The molecule has 0 unspecified atom stereocenters. The van der Waals surface area contributed by atoms with Crippen molar-refractivity contribution in [1.29, 1.82) is 10.5 Å². The van der Waals surface area contributed by atoms with E-state index < -0.39 is 0 Å². The van der Waals surface area contributed by atoms with Gasteiger partial charge in [-0.3, -0.25) is 0 Å². The van der Waals surface area contributed by atoms with Crippen molar-refractivity contribution in [3.8, 4) is 23.3 Å². The van der Waals surface area contributed by atoms with Gasteiger partial charge in [-0.25, -0.2) is 0 Å². The summed E-state index contributed by atoms with van der Waals surface area (Å²) in [5.41, 5.74) is 4.95. The van der Waals surface area contributed by atoms with Crippen LogP contribution in [0.15, 0.2) is 70.0 Å². The molecule has 0 fully saturated rings. The van der Waals surface area contributed by atoms with Crippen molar-refractivity contribution < 1.29 is 0 Å². The summed E-state index contributed by atoms with van der Waals surface area (Å²) >= 11 is 3.26. The third-order valence-electron chi connectivity index (χ3n) is 3.81. The second kappa shape index (κ2) is 9.18. The molecule has 2 rings (SSSR count). The predicted octanol–water partition coefficient (Wildman–Crippen LogP) is 6.11. The molecule has 0 amide bonds. The molecule has 0 saturated carbocycles. The van der Waals surface area contributed by atoms with E-state index in [9.17, 15) is 10.5 Å². The van der Waals surface area contributed by atoms with Gasteiger partial charge in [0.15, 0.2) is 0 Å². The van der Waals surface area contributed by atoms with E-state index in [1.54, 1.807) is 23.5 Å². The smallest absolute Gasteiger partial charge is 0.137 e. The minimum atomic E-state index is 0.144. The highest BCUT2D eigenvalue weighted by Crippen LogP contribution is 2.37. The van der Waals surface area contributed by atoms with Crippen molar-refractivity contribution in [2.45, 2.75) is 6.92 Å². The van der Waals surface area contributed by atoms with Gasteiger partial charge in [0, 0.05) is 9.81 Å². The highest BCUT2D eigenvalue weighted by atomic mass is 32.2. The predicted molar refractivity (Wildman–Crippen MR) is 110 cm³/mol. The van der Waals surface area contributed by atoms with Gasteiger partial charge in [-0.2, -0.15) is 10.5 Å². The van der Waals surface area contributed by atoms with Crippen molar-refractivity contribution in [3.63, 3.8) is 0 Å². The van der Waals surface area contributed by atoms with Gasteiger partial charge in [0.05, 0.1) is 0 Å². The van der Waals surface area contributed by atoms with Crippen LogP contribution in [-0.4, -0.2) is 12.5 Å². The largest absolute Gasteiger partial charge is 0.192 e. The van der Waals surface area contributed by atoms with E-state index in [1.165, 1.54) is 0 Å². The van der Waals surface area contributed by atoms with Crippen molar-refractivity contribution in [2.24, 2.45) is 0 Å². The molecule has 2 aromatic rings. The van der Waals surface area contributed by atoms with Crippen molar-refractivity contribution in [3.05, 3.63) is 75.5 Å². The first-order valence-electron chi connectivity index (χ1n) is 7.65. The fourth-order valence-electron chi connectivity index (χ4n) is 2.64. The van der Waals surface area contributed by atoms with E-state index in [0.717, 1.165) is 26.5 Å². The van der Waals surface area contributed by atoms with E-state index in [-0.39, 0.29) is 5.57 Å². The quantitative estimate of drug-likeness (QED) is 0.475. The van der Waals surface area contributed by atoms with Crippen molar-refractivity contribution in [1.82, 2.24) is 0 Å². The lowest BCUT2D eigenvalue weighted by Crippen LogP contribution is -1.94. The van der Waals surface area contributed by atoms with Crippen LogP contribution in [0.25, 0.3) is 16.7 Å². The van der Waals surface area contributed by atoms with Gasteiger partial charge in [0.1, 0.15) is 17.7 Å². The van der Waals surface area contributed by atoms with Gasteiger partial charge in [-0.15, -0.1) is 23.5 Å². The first-order chi connectivity index (χ1) is 12.2. The molecule has 0 radical (unpaired) electrons. The van der Waals surface area contributed by atoms with Gasteiger partial charge >= 0.3 is 0 Å². The first-order valence-corrected chi connectivity index (χ1v) is 10.1. The number of rotatable bonds is 5. The molecule has 0 bridgehead atoms. The fourth-order valence-corrected chi connectivity index (χ4v) is 4.12. The Labute approximate surface area is 157 Å². The Balaban J connectivity index is 2.58. The molecule has 124 valence electrons. The fraction of sp³-hybridized carbons (Fsp3) is 0.143. The average molecular weight is 363 g/mol. The van der Waals surface area contributed by atoms with Gasteiger partial charge in [0.25, 0.3) is 0 Å². The molecule has 4 heteroatoms. The molecule has 0 heterocycles. The maximum atomic E-state index is 9.40. The second-order valence-electron chi connectivity index (χ2n) is 5.24. The Morgan fingerprint density at radius 3 is 1.80 bits per heavy atom. The summed E-state index contributed by atoms with van der Waals surface area (Å²) in [7, 11) is 0. The zero-order chi connectivity index (χ0) is 18.2. The molecule has 2 nitrogen and oxygen atoms in total. The third-order valence-corrected chi connectivity index (χ3v) is 6.16. The summed E-state index contributed by atoms with van der Waals surface area (Å²) in [5.74, 6) is 0. The zero-order valence-electron chi connectivity index (χ0n) is 14.4.